The zero-order valence-corrected chi connectivity index (χ0v) is 12.5. The van der Waals surface area contributed by atoms with E-state index in [1.807, 2.05) is 20.2 Å². The highest BCUT2D eigenvalue weighted by Crippen LogP contribution is 2.38. The summed E-state index contributed by atoms with van der Waals surface area (Å²) < 4.78 is 0. The molecule has 2 rings (SSSR count). The van der Waals surface area contributed by atoms with Gasteiger partial charge in [-0.05, 0) is 42.4 Å². The first-order valence-electron chi connectivity index (χ1n) is 7.57. The predicted molar refractivity (Wildman–Crippen MR) is 81.5 cm³/mol. The van der Waals surface area contributed by atoms with Crippen molar-refractivity contribution in [3.8, 4) is 0 Å². The number of anilines is 1. The van der Waals surface area contributed by atoms with Gasteiger partial charge < -0.3 is 10.0 Å². The number of hydrogen-bond donors (Lipinski definition) is 1. The van der Waals surface area contributed by atoms with E-state index in [1.165, 1.54) is 37.8 Å². The Bertz CT molecular complexity index is 402. The Morgan fingerprint density at radius 3 is 2.79 bits per heavy atom. The molecule has 1 saturated carbocycles. The Morgan fingerprint density at radius 2 is 2.11 bits per heavy atom. The number of rotatable bonds is 4. The molecule has 1 N–H and O–H groups in total. The van der Waals surface area contributed by atoms with Crippen molar-refractivity contribution in [2.45, 2.75) is 45.1 Å². The lowest BCUT2D eigenvalue weighted by atomic mass is 9.76. The number of aliphatic hydroxyl groups is 1. The van der Waals surface area contributed by atoms with Crippen LogP contribution in [-0.2, 0) is 0 Å². The van der Waals surface area contributed by atoms with Gasteiger partial charge in [-0.25, -0.2) is 0 Å². The van der Waals surface area contributed by atoms with Crippen LogP contribution in [0.15, 0.2) is 24.3 Å². The van der Waals surface area contributed by atoms with Crippen LogP contribution in [0.4, 0.5) is 5.69 Å². The van der Waals surface area contributed by atoms with Crippen LogP contribution in [0.5, 0.6) is 0 Å². The summed E-state index contributed by atoms with van der Waals surface area (Å²) in [5.41, 5.74) is 2.24. The van der Waals surface area contributed by atoms with Crippen molar-refractivity contribution >= 4 is 5.69 Å². The third-order valence-corrected chi connectivity index (χ3v) is 4.58. The molecule has 0 aromatic heterocycles. The zero-order chi connectivity index (χ0) is 13.8. The van der Waals surface area contributed by atoms with Crippen LogP contribution in [0.2, 0.25) is 0 Å². The molecule has 2 nitrogen and oxygen atoms in total. The summed E-state index contributed by atoms with van der Waals surface area (Å²) in [7, 11) is 4.08. The maximum Gasteiger partial charge on any atom is 0.0819 e. The summed E-state index contributed by atoms with van der Waals surface area (Å²) in [5.74, 6) is 1.25. The molecule has 0 spiro atoms. The highest BCUT2D eigenvalue weighted by Gasteiger charge is 2.27. The molecule has 106 valence electrons. The first-order valence-corrected chi connectivity index (χ1v) is 7.57. The fourth-order valence-electron chi connectivity index (χ4n) is 3.25. The number of hydrogen-bond acceptors (Lipinski definition) is 2. The lowest BCUT2D eigenvalue weighted by Crippen LogP contribution is -2.21. The fourth-order valence-corrected chi connectivity index (χ4v) is 3.25. The molecule has 1 aliphatic carbocycles. The summed E-state index contributed by atoms with van der Waals surface area (Å²) in [6.45, 7) is 2.27. The molecule has 1 aromatic carbocycles. The molecule has 0 aliphatic heterocycles. The van der Waals surface area contributed by atoms with Gasteiger partial charge >= 0.3 is 0 Å². The Labute approximate surface area is 117 Å². The molecule has 1 aliphatic rings. The highest BCUT2D eigenvalue weighted by atomic mass is 16.3. The predicted octanol–water partition coefficient (Wildman–Crippen LogP) is 4.00. The minimum atomic E-state index is -0.297. The van der Waals surface area contributed by atoms with Crippen molar-refractivity contribution in [1.29, 1.82) is 0 Å². The van der Waals surface area contributed by atoms with Crippen molar-refractivity contribution in [2.75, 3.05) is 19.0 Å². The molecule has 0 bridgehead atoms. The van der Waals surface area contributed by atoms with E-state index in [0.29, 0.717) is 5.92 Å². The molecule has 0 amide bonds. The summed E-state index contributed by atoms with van der Waals surface area (Å²) >= 11 is 0. The SMILES string of the molecule is CCC1CCCC(C(O)c2cccc(N(C)C)c2)C1. The van der Waals surface area contributed by atoms with Gasteiger partial charge in [0.25, 0.3) is 0 Å². The maximum atomic E-state index is 10.6. The monoisotopic (exact) mass is 261 g/mol. The molecule has 1 aromatic rings. The summed E-state index contributed by atoms with van der Waals surface area (Å²) in [6, 6.07) is 8.33. The van der Waals surface area contributed by atoms with Crippen molar-refractivity contribution in [1.82, 2.24) is 0 Å². The summed E-state index contributed by atoms with van der Waals surface area (Å²) in [5, 5.41) is 10.6. The largest absolute Gasteiger partial charge is 0.388 e. The van der Waals surface area contributed by atoms with E-state index in [4.69, 9.17) is 0 Å². The second-order valence-electron chi connectivity index (χ2n) is 6.14. The van der Waals surface area contributed by atoms with Crippen LogP contribution in [0.25, 0.3) is 0 Å². The van der Waals surface area contributed by atoms with E-state index >= 15 is 0 Å². The lowest BCUT2D eigenvalue weighted by molar-refractivity contribution is 0.0678. The molecule has 3 atom stereocenters. The zero-order valence-electron chi connectivity index (χ0n) is 12.5. The minimum absolute atomic E-state index is 0.297. The van der Waals surface area contributed by atoms with E-state index in [2.05, 4.69) is 30.0 Å². The lowest BCUT2D eigenvalue weighted by Gasteiger charge is -2.32. The van der Waals surface area contributed by atoms with Gasteiger partial charge in [0.05, 0.1) is 6.10 Å². The van der Waals surface area contributed by atoms with Crippen LogP contribution >= 0.6 is 0 Å². The normalized spacial score (nSPS) is 25.1. The molecule has 19 heavy (non-hydrogen) atoms. The van der Waals surface area contributed by atoms with Gasteiger partial charge in [0.2, 0.25) is 0 Å². The standard InChI is InChI=1S/C17H27NO/c1-4-13-7-5-8-14(11-13)17(19)15-9-6-10-16(12-15)18(2)3/h6,9-10,12-14,17,19H,4-5,7-8,11H2,1-3H3. The summed E-state index contributed by atoms with van der Waals surface area (Å²) in [4.78, 5) is 2.09. The molecular formula is C17H27NO. The molecule has 1 fully saturated rings. The van der Waals surface area contributed by atoms with Gasteiger partial charge in [-0.1, -0.05) is 38.3 Å². The third-order valence-electron chi connectivity index (χ3n) is 4.58. The average molecular weight is 261 g/mol. The van der Waals surface area contributed by atoms with Gasteiger partial charge in [0, 0.05) is 19.8 Å². The number of nitrogens with zero attached hydrogens (tertiary/aromatic N) is 1. The molecular weight excluding hydrogens is 234 g/mol. The Balaban J connectivity index is 2.10. The topological polar surface area (TPSA) is 23.5 Å². The number of aliphatic hydroxyl groups excluding tert-OH is 1. The minimum Gasteiger partial charge on any atom is -0.388 e. The smallest absolute Gasteiger partial charge is 0.0819 e. The summed E-state index contributed by atoms with van der Waals surface area (Å²) in [6.07, 6.45) is 5.92. The molecule has 0 radical (unpaired) electrons. The van der Waals surface area contributed by atoms with Crippen LogP contribution in [-0.4, -0.2) is 19.2 Å². The quantitative estimate of drug-likeness (QED) is 0.885. The molecule has 0 heterocycles. The van der Waals surface area contributed by atoms with E-state index < -0.39 is 0 Å². The first-order chi connectivity index (χ1) is 9.11. The van der Waals surface area contributed by atoms with Crippen LogP contribution in [0.3, 0.4) is 0 Å². The van der Waals surface area contributed by atoms with Crippen LogP contribution < -0.4 is 4.90 Å². The van der Waals surface area contributed by atoms with Gasteiger partial charge in [-0.15, -0.1) is 0 Å². The van der Waals surface area contributed by atoms with Gasteiger partial charge in [0.15, 0.2) is 0 Å². The highest BCUT2D eigenvalue weighted by molar-refractivity contribution is 5.47. The van der Waals surface area contributed by atoms with Crippen molar-refractivity contribution in [3.63, 3.8) is 0 Å². The maximum absolute atomic E-state index is 10.6. The molecule has 2 heteroatoms. The Morgan fingerprint density at radius 1 is 1.32 bits per heavy atom. The Kier molecular flexibility index (Phi) is 4.87. The van der Waals surface area contributed by atoms with E-state index in [-0.39, 0.29) is 6.10 Å². The van der Waals surface area contributed by atoms with E-state index in [9.17, 15) is 5.11 Å². The second-order valence-corrected chi connectivity index (χ2v) is 6.14. The van der Waals surface area contributed by atoms with E-state index in [1.54, 1.807) is 0 Å². The first kappa shape index (κ1) is 14.4. The van der Waals surface area contributed by atoms with Gasteiger partial charge in [-0.2, -0.15) is 0 Å². The van der Waals surface area contributed by atoms with E-state index in [0.717, 1.165) is 11.5 Å². The average Bonchev–Trinajstić information content (AvgIpc) is 2.46. The fraction of sp³-hybridized carbons (Fsp3) is 0.647. The molecule has 3 unspecified atom stereocenters. The second kappa shape index (κ2) is 6.42. The van der Waals surface area contributed by atoms with Crippen molar-refractivity contribution in [2.24, 2.45) is 11.8 Å². The van der Waals surface area contributed by atoms with Crippen molar-refractivity contribution in [3.05, 3.63) is 29.8 Å². The number of benzene rings is 1. The molecule has 0 saturated heterocycles. The third kappa shape index (κ3) is 3.50. The Hall–Kier alpha value is -1.02. The van der Waals surface area contributed by atoms with Gasteiger partial charge in [-0.3, -0.25) is 0 Å². The van der Waals surface area contributed by atoms with Crippen LogP contribution in [0, 0.1) is 11.8 Å². The van der Waals surface area contributed by atoms with Crippen LogP contribution in [0.1, 0.15) is 50.7 Å². The van der Waals surface area contributed by atoms with Crippen molar-refractivity contribution < 1.29 is 5.11 Å². The van der Waals surface area contributed by atoms with Gasteiger partial charge in [0.1, 0.15) is 0 Å².